The van der Waals surface area contributed by atoms with Crippen LogP contribution in [-0.2, 0) is 9.59 Å². The van der Waals surface area contributed by atoms with E-state index in [1.165, 1.54) is 0 Å². The summed E-state index contributed by atoms with van der Waals surface area (Å²) in [4.78, 5) is 24.4. The first-order chi connectivity index (χ1) is 11.5. The van der Waals surface area contributed by atoms with Crippen LogP contribution in [-0.4, -0.2) is 33.2 Å². The van der Waals surface area contributed by atoms with Gasteiger partial charge in [0.15, 0.2) is 5.78 Å². The van der Waals surface area contributed by atoms with Crippen LogP contribution < -0.4 is 5.32 Å². The topological polar surface area (TPSA) is 66.4 Å². The second-order valence-electron chi connectivity index (χ2n) is 6.26. The lowest BCUT2D eigenvalue weighted by Gasteiger charge is -2.18. The number of hydrogen-bond acceptors (Lipinski definition) is 3. The monoisotopic (exact) mass is 469 g/mol. The van der Waals surface area contributed by atoms with Crippen LogP contribution in [0.3, 0.4) is 0 Å². The third kappa shape index (κ3) is 14.4. The largest absolute Gasteiger partial charge is 0.382 e. The number of aliphatic hydroxyl groups is 1. The molecule has 0 fully saturated rings. The van der Waals surface area contributed by atoms with Crippen LogP contribution in [0, 0.1) is 0 Å². The van der Waals surface area contributed by atoms with Gasteiger partial charge in [0.25, 0.3) is 0 Å². The van der Waals surface area contributed by atoms with Gasteiger partial charge in [-0.3, -0.25) is 9.59 Å². The van der Waals surface area contributed by atoms with Gasteiger partial charge >= 0.3 is 0 Å². The molecule has 0 saturated heterocycles. The molecular formula is C18H33Br2NO3. The number of carbonyl (C=O) groups excluding carboxylic acids is 2. The maximum Gasteiger partial charge on any atom is 0.220 e. The fourth-order valence-corrected chi connectivity index (χ4v) is 3.24. The van der Waals surface area contributed by atoms with Crippen molar-refractivity contribution in [2.24, 2.45) is 0 Å². The summed E-state index contributed by atoms with van der Waals surface area (Å²) in [5.74, 6) is 0.135. The fraction of sp³-hybridized carbons (Fsp3) is 0.889. The van der Waals surface area contributed by atoms with Crippen LogP contribution in [0.25, 0.3) is 0 Å². The van der Waals surface area contributed by atoms with Crippen LogP contribution in [0.15, 0.2) is 0 Å². The van der Waals surface area contributed by atoms with Gasteiger partial charge in [-0.15, -0.1) is 0 Å². The highest BCUT2D eigenvalue weighted by Gasteiger charge is 2.19. The molecule has 4 nitrogen and oxygen atoms in total. The maximum absolute atomic E-state index is 12.4. The molecule has 2 atom stereocenters. The zero-order valence-electron chi connectivity index (χ0n) is 14.9. The lowest BCUT2D eigenvalue weighted by Crippen LogP contribution is -2.40. The number of unbranched alkanes of at least 4 members (excludes halogenated alkanes) is 5. The molecule has 0 aliphatic carbocycles. The van der Waals surface area contributed by atoms with E-state index in [9.17, 15) is 14.7 Å². The number of alkyl halides is 2. The van der Waals surface area contributed by atoms with Gasteiger partial charge in [0.1, 0.15) is 5.01 Å². The third-order valence-corrected chi connectivity index (χ3v) is 4.99. The molecule has 0 spiro atoms. The van der Waals surface area contributed by atoms with E-state index < -0.39 is 5.01 Å². The van der Waals surface area contributed by atoms with Crippen molar-refractivity contribution < 1.29 is 14.7 Å². The molecule has 142 valence electrons. The van der Waals surface area contributed by atoms with Crippen molar-refractivity contribution in [3.05, 3.63) is 0 Å². The molecule has 0 heterocycles. The van der Waals surface area contributed by atoms with Gasteiger partial charge in [-0.2, -0.15) is 0 Å². The summed E-state index contributed by atoms with van der Waals surface area (Å²) in [6.45, 7) is 2.11. The number of aliphatic hydroxyl groups excluding tert-OH is 1. The molecule has 0 aromatic heterocycles. The molecule has 0 aliphatic heterocycles. The number of Topliss-reactive ketones (excluding diaryl/α,β-unsaturated/α-hetero) is 1. The second-order valence-corrected chi connectivity index (χ2v) is 8.11. The highest BCUT2D eigenvalue weighted by molar-refractivity contribution is 9.09. The summed E-state index contributed by atoms with van der Waals surface area (Å²) in [5, 5.41) is 12.6. The molecule has 2 unspecified atom stereocenters. The van der Waals surface area contributed by atoms with Crippen LogP contribution in [0.1, 0.15) is 84.0 Å². The summed E-state index contributed by atoms with van der Waals surface area (Å²) < 4.78 is 0. The van der Waals surface area contributed by atoms with E-state index in [0.29, 0.717) is 25.7 Å². The number of ketones is 1. The highest BCUT2D eigenvalue weighted by atomic mass is 79.9. The molecule has 0 radical (unpaired) electrons. The van der Waals surface area contributed by atoms with E-state index >= 15 is 0 Å². The number of carbonyl (C=O) groups is 2. The Morgan fingerprint density at radius 1 is 0.958 bits per heavy atom. The third-order valence-electron chi connectivity index (χ3n) is 3.97. The molecule has 0 aliphatic rings. The van der Waals surface area contributed by atoms with E-state index in [4.69, 9.17) is 0 Å². The van der Waals surface area contributed by atoms with Gasteiger partial charge in [-0.25, -0.2) is 0 Å². The molecule has 24 heavy (non-hydrogen) atoms. The molecule has 2 N–H and O–H groups in total. The minimum absolute atomic E-state index is 0.0113. The predicted molar refractivity (Wildman–Crippen MR) is 107 cm³/mol. The molecule has 0 saturated carbocycles. The molecule has 0 aromatic carbocycles. The first-order valence-electron chi connectivity index (χ1n) is 9.21. The normalized spacial score (nSPS) is 13.5. The van der Waals surface area contributed by atoms with E-state index in [2.05, 4.69) is 44.1 Å². The lowest BCUT2D eigenvalue weighted by atomic mass is 9.99. The maximum atomic E-state index is 12.4. The summed E-state index contributed by atoms with van der Waals surface area (Å²) >= 11 is 6.51. The SMILES string of the molecule is CCCCCC(=O)NC(CCCCC(O)Br)C(=O)CCCCCBr. The van der Waals surface area contributed by atoms with Crippen molar-refractivity contribution in [1.29, 1.82) is 0 Å². The Morgan fingerprint density at radius 2 is 1.62 bits per heavy atom. The number of rotatable bonds is 16. The number of nitrogens with one attached hydrogen (secondary N) is 1. The van der Waals surface area contributed by atoms with Crippen molar-refractivity contribution in [3.63, 3.8) is 0 Å². The summed E-state index contributed by atoms with van der Waals surface area (Å²) in [6, 6.07) is -0.365. The lowest BCUT2D eigenvalue weighted by molar-refractivity contribution is -0.128. The van der Waals surface area contributed by atoms with Gasteiger partial charge in [-0.1, -0.05) is 64.5 Å². The Morgan fingerprint density at radius 3 is 2.25 bits per heavy atom. The van der Waals surface area contributed by atoms with Crippen LogP contribution >= 0.6 is 31.9 Å². The van der Waals surface area contributed by atoms with E-state index in [1.54, 1.807) is 0 Å². The van der Waals surface area contributed by atoms with Crippen molar-refractivity contribution in [2.45, 2.75) is 95.0 Å². The Balaban J connectivity index is 4.30. The second kappa shape index (κ2) is 16.5. The Hall–Kier alpha value is 0.0600. The minimum Gasteiger partial charge on any atom is -0.382 e. The molecular weight excluding hydrogens is 438 g/mol. The van der Waals surface area contributed by atoms with Gasteiger partial charge in [0.2, 0.25) is 5.91 Å². The standard InChI is InChI=1S/C18H33Br2NO3/c1-2-3-5-13-18(24)21-15(10-7-8-12-17(20)23)16(22)11-6-4-9-14-19/h15,17,23H,2-14H2,1H3,(H,21,24). The number of halogens is 2. The minimum atomic E-state index is -0.487. The summed E-state index contributed by atoms with van der Waals surface area (Å²) in [6.07, 6.45) is 10.0. The van der Waals surface area contributed by atoms with Crippen molar-refractivity contribution in [3.8, 4) is 0 Å². The van der Waals surface area contributed by atoms with E-state index in [1.807, 2.05) is 0 Å². The molecule has 6 heteroatoms. The van der Waals surface area contributed by atoms with E-state index in [-0.39, 0.29) is 17.7 Å². The molecule has 1 amide bonds. The van der Waals surface area contributed by atoms with Crippen LogP contribution in [0.5, 0.6) is 0 Å². The summed E-state index contributed by atoms with van der Waals surface area (Å²) in [5.41, 5.74) is 0. The van der Waals surface area contributed by atoms with Gasteiger partial charge in [-0.05, 0) is 38.5 Å². The number of hydrogen-bond donors (Lipinski definition) is 2. The van der Waals surface area contributed by atoms with Gasteiger partial charge < -0.3 is 10.4 Å². The van der Waals surface area contributed by atoms with Crippen molar-refractivity contribution in [1.82, 2.24) is 5.32 Å². The zero-order valence-corrected chi connectivity index (χ0v) is 18.0. The molecule has 0 bridgehead atoms. The smallest absolute Gasteiger partial charge is 0.220 e. The Kier molecular flexibility index (Phi) is 16.6. The average molecular weight is 471 g/mol. The highest BCUT2D eigenvalue weighted by Crippen LogP contribution is 2.13. The van der Waals surface area contributed by atoms with Crippen molar-refractivity contribution in [2.75, 3.05) is 5.33 Å². The first-order valence-corrected chi connectivity index (χ1v) is 11.2. The van der Waals surface area contributed by atoms with Crippen LogP contribution in [0.4, 0.5) is 0 Å². The number of amides is 1. The average Bonchev–Trinajstić information content (AvgIpc) is 2.54. The fourth-order valence-electron chi connectivity index (χ4n) is 2.52. The van der Waals surface area contributed by atoms with Crippen molar-refractivity contribution >= 4 is 43.6 Å². The van der Waals surface area contributed by atoms with Crippen LogP contribution in [0.2, 0.25) is 0 Å². The summed E-state index contributed by atoms with van der Waals surface area (Å²) in [7, 11) is 0. The van der Waals surface area contributed by atoms with E-state index in [0.717, 1.165) is 56.7 Å². The molecule has 0 rings (SSSR count). The zero-order chi connectivity index (χ0) is 18.2. The first kappa shape index (κ1) is 24.1. The Bertz CT molecular complexity index is 338. The molecule has 0 aromatic rings. The van der Waals surface area contributed by atoms with Gasteiger partial charge in [0.05, 0.1) is 6.04 Å². The van der Waals surface area contributed by atoms with Gasteiger partial charge in [0, 0.05) is 18.2 Å². The predicted octanol–water partition coefficient (Wildman–Crippen LogP) is 4.85. The quantitative estimate of drug-likeness (QED) is 0.250. The Labute approximate surface area is 163 Å².